The van der Waals surface area contributed by atoms with E-state index in [-0.39, 0.29) is 22.4 Å². The molecule has 1 aliphatic rings. The number of carboxylic acid groups (broad SMARTS) is 1. The topological polar surface area (TPSA) is 111 Å². The Morgan fingerprint density at radius 2 is 1.77 bits per heavy atom. The summed E-state index contributed by atoms with van der Waals surface area (Å²) in [6.07, 6.45) is 0.369. The fraction of sp³-hybridized carbons (Fsp3) is 0.375. The lowest BCUT2D eigenvalue weighted by Gasteiger charge is -2.19. The van der Waals surface area contributed by atoms with Crippen molar-refractivity contribution in [1.82, 2.24) is 14.1 Å². The molecule has 2 aromatic rings. The smallest absolute Gasteiger partial charge is 0.413 e. The highest BCUT2D eigenvalue weighted by Crippen LogP contribution is 2.23. The Kier molecular flexibility index (Phi) is 8.87. The van der Waals surface area contributed by atoms with Crippen LogP contribution in [0.3, 0.4) is 0 Å². The van der Waals surface area contributed by atoms with Gasteiger partial charge in [0, 0.05) is 39.2 Å². The zero-order valence-electron chi connectivity index (χ0n) is 19.7. The van der Waals surface area contributed by atoms with Crippen LogP contribution in [0.2, 0.25) is 5.02 Å². The lowest BCUT2D eigenvalue weighted by Crippen LogP contribution is -2.33. The SMILES string of the molecule is CN(Cc1ccc(C2=NCCN2C(=O)O)cc1)C(=O)CCCCN(C)S(=O)(=O)c1ccccc1Cl. The van der Waals surface area contributed by atoms with Gasteiger partial charge in [-0.3, -0.25) is 14.7 Å². The van der Waals surface area contributed by atoms with E-state index >= 15 is 0 Å². The predicted molar refractivity (Wildman–Crippen MR) is 134 cm³/mol. The molecule has 0 unspecified atom stereocenters. The zero-order chi connectivity index (χ0) is 25.6. The number of unbranched alkanes of at least 4 members (excludes halogenated alkanes) is 1. The van der Waals surface area contributed by atoms with E-state index in [0.29, 0.717) is 44.7 Å². The number of hydrogen-bond donors (Lipinski definition) is 1. The minimum absolute atomic E-state index is 0.0390. The van der Waals surface area contributed by atoms with Crippen molar-refractivity contribution in [1.29, 1.82) is 0 Å². The first-order chi connectivity index (χ1) is 16.6. The molecule has 188 valence electrons. The van der Waals surface area contributed by atoms with E-state index in [0.717, 1.165) is 11.1 Å². The molecule has 0 aromatic heterocycles. The van der Waals surface area contributed by atoms with Gasteiger partial charge in [-0.1, -0.05) is 48.0 Å². The highest BCUT2D eigenvalue weighted by molar-refractivity contribution is 7.89. The molecule has 9 nitrogen and oxygen atoms in total. The van der Waals surface area contributed by atoms with Gasteiger partial charge in [0.05, 0.1) is 18.1 Å². The molecule has 0 fully saturated rings. The Bertz CT molecular complexity index is 1200. The van der Waals surface area contributed by atoms with Crippen molar-refractivity contribution in [2.24, 2.45) is 4.99 Å². The molecule has 0 saturated heterocycles. The van der Waals surface area contributed by atoms with Crippen LogP contribution in [0.25, 0.3) is 0 Å². The normalized spacial score (nSPS) is 13.7. The average molecular weight is 521 g/mol. The standard InChI is InChI=1S/C24H29ClN4O5S/c1-27(17-18-10-12-19(13-11-18)23-26-14-16-29(23)24(31)32)22(30)9-5-6-15-28(2)35(33,34)21-8-4-3-7-20(21)25/h3-4,7-8,10-13H,5-6,9,14-17H2,1-2H3,(H,31,32). The highest BCUT2D eigenvalue weighted by atomic mass is 35.5. The van der Waals surface area contributed by atoms with E-state index in [1.165, 1.54) is 28.4 Å². The van der Waals surface area contributed by atoms with Crippen LogP contribution in [-0.4, -0.2) is 79.2 Å². The van der Waals surface area contributed by atoms with Crippen LogP contribution in [-0.2, 0) is 21.4 Å². The van der Waals surface area contributed by atoms with Crippen molar-refractivity contribution < 1.29 is 23.1 Å². The van der Waals surface area contributed by atoms with Crippen molar-refractivity contribution in [3.8, 4) is 0 Å². The number of amides is 2. The number of halogens is 1. The molecule has 3 rings (SSSR count). The van der Waals surface area contributed by atoms with Crippen molar-refractivity contribution in [2.45, 2.75) is 30.7 Å². The number of rotatable bonds is 10. The fourth-order valence-corrected chi connectivity index (χ4v) is 5.44. The average Bonchev–Trinajstić information content (AvgIpc) is 3.32. The predicted octanol–water partition coefficient (Wildman–Crippen LogP) is 3.53. The van der Waals surface area contributed by atoms with Gasteiger partial charge in [-0.05, 0) is 30.5 Å². The first-order valence-corrected chi connectivity index (χ1v) is 13.0. The maximum atomic E-state index is 12.7. The second-order valence-corrected chi connectivity index (χ2v) is 10.7. The van der Waals surface area contributed by atoms with Crippen LogP contribution in [0.5, 0.6) is 0 Å². The van der Waals surface area contributed by atoms with Gasteiger partial charge in [0.2, 0.25) is 15.9 Å². The first-order valence-electron chi connectivity index (χ1n) is 11.2. The van der Waals surface area contributed by atoms with Crippen LogP contribution in [0, 0.1) is 0 Å². The molecule has 2 amide bonds. The Morgan fingerprint density at radius 1 is 1.09 bits per heavy atom. The molecule has 11 heteroatoms. The quantitative estimate of drug-likeness (QED) is 0.482. The van der Waals surface area contributed by atoms with Gasteiger partial charge in [-0.2, -0.15) is 0 Å². The molecular formula is C24H29ClN4O5S. The minimum atomic E-state index is -3.68. The maximum Gasteiger partial charge on any atom is 0.413 e. The van der Waals surface area contributed by atoms with Gasteiger partial charge in [-0.15, -0.1) is 0 Å². The summed E-state index contributed by atoms with van der Waals surface area (Å²) in [4.78, 5) is 31.0. The minimum Gasteiger partial charge on any atom is -0.465 e. The summed E-state index contributed by atoms with van der Waals surface area (Å²) in [5.74, 6) is 0.401. The van der Waals surface area contributed by atoms with Gasteiger partial charge >= 0.3 is 6.09 Å². The second-order valence-electron chi connectivity index (χ2n) is 8.30. The molecule has 2 aromatic carbocycles. The summed E-state index contributed by atoms with van der Waals surface area (Å²) in [5.41, 5.74) is 1.63. The van der Waals surface area contributed by atoms with Crippen LogP contribution >= 0.6 is 11.6 Å². The summed E-state index contributed by atoms with van der Waals surface area (Å²) < 4.78 is 26.6. The fourth-order valence-electron chi connectivity index (χ4n) is 3.75. The molecule has 0 saturated carbocycles. The number of amidine groups is 1. The number of hydrogen-bond acceptors (Lipinski definition) is 5. The number of sulfonamides is 1. The molecule has 0 bridgehead atoms. The van der Waals surface area contributed by atoms with Crippen molar-refractivity contribution >= 4 is 39.5 Å². The van der Waals surface area contributed by atoms with Crippen molar-refractivity contribution in [3.05, 3.63) is 64.7 Å². The Labute approximate surface area is 210 Å². The summed E-state index contributed by atoms with van der Waals surface area (Å²) in [5, 5.41) is 9.44. The molecule has 0 radical (unpaired) electrons. The number of carbonyl (C=O) groups excluding carboxylic acids is 1. The van der Waals surface area contributed by atoms with E-state index < -0.39 is 16.1 Å². The summed E-state index contributed by atoms with van der Waals surface area (Å²) in [6.45, 7) is 1.49. The summed E-state index contributed by atoms with van der Waals surface area (Å²) in [7, 11) is -0.461. The Hall–Kier alpha value is -2.95. The van der Waals surface area contributed by atoms with Gasteiger partial charge in [-0.25, -0.2) is 17.5 Å². The van der Waals surface area contributed by atoms with E-state index in [4.69, 9.17) is 11.6 Å². The maximum absolute atomic E-state index is 12.7. The zero-order valence-corrected chi connectivity index (χ0v) is 21.3. The third kappa shape index (κ3) is 6.59. The van der Waals surface area contributed by atoms with Crippen molar-refractivity contribution in [3.63, 3.8) is 0 Å². The van der Waals surface area contributed by atoms with Crippen molar-refractivity contribution in [2.75, 3.05) is 33.7 Å². The van der Waals surface area contributed by atoms with Crippen LogP contribution in [0.1, 0.15) is 30.4 Å². The molecule has 0 spiro atoms. The molecule has 1 heterocycles. The monoisotopic (exact) mass is 520 g/mol. The number of aliphatic imine (C=N–C) groups is 1. The first kappa shape index (κ1) is 26.7. The largest absolute Gasteiger partial charge is 0.465 e. The molecular weight excluding hydrogens is 492 g/mol. The van der Waals surface area contributed by atoms with Gasteiger partial charge in [0.1, 0.15) is 10.7 Å². The van der Waals surface area contributed by atoms with Gasteiger partial charge in [0.15, 0.2) is 0 Å². The Morgan fingerprint density at radius 3 is 2.43 bits per heavy atom. The summed E-state index contributed by atoms with van der Waals surface area (Å²) >= 11 is 6.03. The van der Waals surface area contributed by atoms with E-state index in [9.17, 15) is 23.1 Å². The molecule has 35 heavy (non-hydrogen) atoms. The van der Waals surface area contributed by atoms with Gasteiger partial charge in [0.25, 0.3) is 0 Å². The number of nitrogens with zero attached hydrogens (tertiary/aromatic N) is 4. The van der Waals surface area contributed by atoms with Crippen LogP contribution in [0.15, 0.2) is 58.4 Å². The van der Waals surface area contributed by atoms with Gasteiger partial charge < -0.3 is 10.0 Å². The van der Waals surface area contributed by atoms with E-state index in [2.05, 4.69) is 4.99 Å². The molecule has 0 aliphatic carbocycles. The number of benzene rings is 2. The van der Waals surface area contributed by atoms with Crippen LogP contribution in [0.4, 0.5) is 4.79 Å². The van der Waals surface area contributed by atoms with Crippen LogP contribution < -0.4 is 0 Å². The van der Waals surface area contributed by atoms with E-state index in [1.54, 1.807) is 24.1 Å². The molecule has 1 N–H and O–H groups in total. The molecule has 1 aliphatic heterocycles. The lowest BCUT2D eigenvalue weighted by molar-refractivity contribution is -0.130. The van der Waals surface area contributed by atoms with E-state index in [1.807, 2.05) is 24.3 Å². The third-order valence-corrected chi connectivity index (χ3v) is 8.12. The second kappa shape index (κ2) is 11.7. The third-order valence-electron chi connectivity index (χ3n) is 5.77. The Balaban J connectivity index is 1.45. The lowest BCUT2D eigenvalue weighted by atomic mass is 10.1. The number of carbonyl (C=O) groups is 2. The molecule has 0 atom stereocenters. The highest BCUT2D eigenvalue weighted by Gasteiger charge is 2.24. The summed E-state index contributed by atoms with van der Waals surface area (Å²) in [6, 6.07) is 13.6.